The van der Waals surface area contributed by atoms with Crippen LogP contribution >= 0.6 is 0 Å². The first-order valence-electron chi connectivity index (χ1n) is 12.1. The quantitative estimate of drug-likeness (QED) is 0.499. The second kappa shape index (κ2) is 9.33. The molecule has 0 radical (unpaired) electrons. The Hall–Kier alpha value is -0.820. The number of fused-ring (bicyclic) bond motifs is 1. The van der Waals surface area contributed by atoms with Crippen LogP contribution in [0.5, 0.6) is 0 Å². The summed E-state index contributed by atoms with van der Waals surface area (Å²) >= 11 is 0. The lowest BCUT2D eigenvalue weighted by Gasteiger charge is -2.42. The molecular formula is C27H44O. The molecule has 1 nitrogen and oxygen atoms in total. The smallest absolute Gasteiger partial charge is 0.0755 e. The third-order valence-electron chi connectivity index (χ3n) is 8.17. The van der Waals surface area contributed by atoms with Crippen LogP contribution < -0.4 is 0 Å². The fourth-order valence-corrected chi connectivity index (χ4v) is 6.37. The minimum atomic E-state index is -0.221. The molecule has 5 atom stereocenters. The Bertz CT molecular complexity index is 610. The molecule has 3 aliphatic rings. The lowest BCUT2D eigenvalue weighted by atomic mass is 9.62. The normalized spacial score (nSPS) is 37.4. The molecule has 3 aliphatic carbocycles. The van der Waals surface area contributed by atoms with Crippen molar-refractivity contribution in [1.82, 2.24) is 0 Å². The van der Waals surface area contributed by atoms with Crippen molar-refractivity contribution in [3.63, 3.8) is 0 Å². The average molecular weight is 385 g/mol. The predicted octanol–water partition coefficient (Wildman–Crippen LogP) is 7.62. The first-order valence-corrected chi connectivity index (χ1v) is 12.1. The summed E-state index contributed by atoms with van der Waals surface area (Å²) in [6.07, 6.45) is 19.6. The summed E-state index contributed by atoms with van der Waals surface area (Å²) in [7, 11) is 0. The minimum Gasteiger partial charge on any atom is -0.389 e. The monoisotopic (exact) mass is 384 g/mol. The van der Waals surface area contributed by atoms with Crippen molar-refractivity contribution in [3.05, 3.63) is 34.9 Å². The molecule has 1 N–H and O–H groups in total. The number of hydrogen-bond acceptors (Lipinski definition) is 1. The molecule has 2 fully saturated rings. The molecule has 0 aromatic carbocycles. The zero-order chi connectivity index (χ0) is 20.3. The molecule has 0 saturated heterocycles. The van der Waals surface area contributed by atoms with Gasteiger partial charge in [-0.3, -0.25) is 0 Å². The van der Waals surface area contributed by atoms with Gasteiger partial charge in [-0.25, -0.2) is 0 Å². The predicted molar refractivity (Wildman–Crippen MR) is 121 cm³/mol. The fraction of sp³-hybridized carbons (Fsp3) is 0.778. The Kier molecular flexibility index (Phi) is 7.29. The van der Waals surface area contributed by atoms with Gasteiger partial charge in [-0.1, -0.05) is 72.1 Å². The van der Waals surface area contributed by atoms with Crippen LogP contribution in [0.15, 0.2) is 34.9 Å². The van der Waals surface area contributed by atoms with E-state index in [1.807, 2.05) is 0 Å². The Morgan fingerprint density at radius 1 is 1.14 bits per heavy atom. The van der Waals surface area contributed by atoms with Crippen molar-refractivity contribution < 1.29 is 5.11 Å². The Morgan fingerprint density at radius 2 is 1.93 bits per heavy atom. The van der Waals surface area contributed by atoms with Gasteiger partial charge in [0.05, 0.1) is 6.10 Å². The number of rotatable bonds is 6. The third-order valence-corrected chi connectivity index (χ3v) is 8.17. The SMILES string of the molecule is CC(C)CCC[C@@H](C)[C@H]1CC=C2/C(=C\C=C3/[C@@H](C)CCC[C@@H]3O)CCC[C@@]21C. The number of hydrogen-bond donors (Lipinski definition) is 1. The Labute approximate surface area is 174 Å². The highest BCUT2D eigenvalue weighted by molar-refractivity contribution is 5.44. The maximum Gasteiger partial charge on any atom is 0.0755 e. The molecule has 3 rings (SSSR count). The molecule has 0 aliphatic heterocycles. The van der Waals surface area contributed by atoms with Gasteiger partial charge in [-0.2, -0.15) is 0 Å². The van der Waals surface area contributed by atoms with Gasteiger partial charge in [-0.05, 0) is 90.8 Å². The van der Waals surface area contributed by atoms with Gasteiger partial charge in [0, 0.05) is 0 Å². The van der Waals surface area contributed by atoms with Crippen LogP contribution in [-0.2, 0) is 0 Å². The largest absolute Gasteiger partial charge is 0.389 e. The van der Waals surface area contributed by atoms with Crippen molar-refractivity contribution in [2.24, 2.45) is 29.1 Å². The summed E-state index contributed by atoms with van der Waals surface area (Å²) < 4.78 is 0. The maximum atomic E-state index is 10.4. The molecule has 0 aromatic heterocycles. The van der Waals surface area contributed by atoms with Gasteiger partial charge in [0.25, 0.3) is 0 Å². The van der Waals surface area contributed by atoms with E-state index in [1.165, 1.54) is 56.9 Å². The van der Waals surface area contributed by atoms with Gasteiger partial charge in [0.1, 0.15) is 0 Å². The maximum absolute atomic E-state index is 10.4. The van der Waals surface area contributed by atoms with Crippen LogP contribution in [0.4, 0.5) is 0 Å². The zero-order valence-corrected chi connectivity index (χ0v) is 19.1. The summed E-state index contributed by atoms with van der Waals surface area (Å²) in [5.41, 5.74) is 4.84. The van der Waals surface area contributed by atoms with E-state index in [-0.39, 0.29) is 6.10 Å². The standard InChI is InChI=1S/C27H44O/c1-19(2)9-6-11-21(4)24-16-17-25-22(12-8-18-27(24,25)5)14-15-23-20(3)10-7-13-26(23)28/h14-15,17,19-21,24,26,28H,6-13,16,18H2,1-5H3/b22-14-,23-15+/t20-,21+,24+,26-,27+/m0/s1. The Morgan fingerprint density at radius 3 is 2.64 bits per heavy atom. The summed E-state index contributed by atoms with van der Waals surface area (Å²) in [6.45, 7) is 12.0. The van der Waals surface area contributed by atoms with Crippen LogP contribution in [0, 0.1) is 29.1 Å². The second-order valence-electron chi connectivity index (χ2n) is 10.7. The van der Waals surface area contributed by atoms with Gasteiger partial charge in [0.2, 0.25) is 0 Å². The molecule has 0 heterocycles. The average Bonchev–Trinajstić information content (AvgIpc) is 2.98. The summed E-state index contributed by atoms with van der Waals surface area (Å²) in [4.78, 5) is 0. The van der Waals surface area contributed by atoms with E-state index in [4.69, 9.17) is 0 Å². The van der Waals surface area contributed by atoms with Crippen molar-refractivity contribution in [1.29, 1.82) is 0 Å². The highest BCUT2D eigenvalue weighted by Crippen LogP contribution is 2.56. The molecule has 2 saturated carbocycles. The second-order valence-corrected chi connectivity index (χ2v) is 10.7. The van der Waals surface area contributed by atoms with Crippen molar-refractivity contribution in [3.8, 4) is 0 Å². The molecule has 0 bridgehead atoms. The van der Waals surface area contributed by atoms with Gasteiger partial charge in [-0.15, -0.1) is 0 Å². The topological polar surface area (TPSA) is 20.2 Å². The first kappa shape index (κ1) is 21.9. The highest BCUT2D eigenvalue weighted by atomic mass is 16.3. The lowest BCUT2D eigenvalue weighted by Crippen LogP contribution is -2.33. The van der Waals surface area contributed by atoms with E-state index < -0.39 is 0 Å². The van der Waals surface area contributed by atoms with E-state index in [9.17, 15) is 5.11 Å². The van der Waals surface area contributed by atoms with Crippen LogP contribution in [-0.4, -0.2) is 11.2 Å². The van der Waals surface area contributed by atoms with Gasteiger partial charge in [0.15, 0.2) is 0 Å². The summed E-state index contributed by atoms with van der Waals surface area (Å²) in [6, 6.07) is 0. The molecule has 1 heteroatoms. The highest BCUT2D eigenvalue weighted by Gasteiger charge is 2.45. The summed E-state index contributed by atoms with van der Waals surface area (Å²) in [5, 5.41) is 10.4. The number of aliphatic hydroxyl groups is 1. The van der Waals surface area contributed by atoms with E-state index in [1.54, 1.807) is 11.1 Å². The lowest BCUT2D eigenvalue weighted by molar-refractivity contribution is 0.155. The fourth-order valence-electron chi connectivity index (χ4n) is 6.37. The van der Waals surface area contributed by atoms with E-state index >= 15 is 0 Å². The Balaban J connectivity index is 1.72. The molecule has 0 amide bonds. The molecule has 0 spiro atoms. The van der Waals surface area contributed by atoms with Gasteiger partial charge >= 0.3 is 0 Å². The van der Waals surface area contributed by atoms with Crippen LogP contribution in [0.1, 0.15) is 98.8 Å². The van der Waals surface area contributed by atoms with Crippen molar-refractivity contribution >= 4 is 0 Å². The molecule has 28 heavy (non-hydrogen) atoms. The molecule has 0 aromatic rings. The van der Waals surface area contributed by atoms with E-state index in [2.05, 4.69) is 52.8 Å². The summed E-state index contributed by atoms with van der Waals surface area (Å²) in [5.74, 6) is 2.98. The van der Waals surface area contributed by atoms with Crippen LogP contribution in [0.3, 0.4) is 0 Å². The number of allylic oxidation sites excluding steroid dienone is 5. The third kappa shape index (κ3) is 4.66. The van der Waals surface area contributed by atoms with Crippen molar-refractivity contribution in [2.75, 3.05) is 0 Å². The molecule has 158 valence electrons. The van der Waals surface area contributed by atoms with Crippen LogP contribution in [0.25, 0.3) is 0 Å². The number of aliphatic hydroxyl groups excluding tert-OH is 1. The van der Waals surface area contributed by atoms with E-state index in [0.29, 0.717) is 11.3 Å². The van der Waals surface area contributed by atoms with Crippen LogP contribution in [0.2, 0.25) is 0 Å². The molecular weight excluding hydrogens is 340 g/mol. The minimum absolute atomic E-state index is 0.221. The first-order chi connectivity index (χ1) is 13.3. The zero-order valence-electron chi connectivity index (χ0n) is 19.1. The van der Waals surface area contributed by atoms with E-state index in [0.717, 1.165) is 30.6 Å². The van der Waals surface area contributed by atoms with Crippen molar-refractivity contribution in [2.45, 2.75) is 105 Å². The molecule has 0 unspecified atom stereocenters. The van der Waals surface area contributed by atoms with Gasteiger partial charge < -0.3 is 5.11 Å².